The van der Waals surface area contributed by atoms with Gasteiger partial charge in [0.2, 0.25) is 0 Å². The molecule has 55 heavy (non-hydrogen) atoms. The van der Waals surface area contributed by atoms with Gasteiger partial charge in [0.05, 0.1) is 16.7 Å². The first-order valence-electron chi connectivity index (χ1n) is 18.8. The molecule has 0 spiro atoms. The molecule has 258 valence electrons. The lowest BCUT2D eigenvalue weighted by Crippen LogP contribution is -2.02. The second-order valence-corrected chi connectivity index (χ2v) is 14.0. The number of benzene rings is 8. The Bertz CT molecular complexity index is 2720. The van der Waals surface area contributed by atoms with Crippen molar-refractivity contribution in [3.05, 3.63) is 218 Å². The third-order valence-corrected chi connectivity index (χ3v) is 10.6. The van der Waals surface area contributed by atoms with Crippen molar-refractivity contribution in [2.24, 2.45) is 0 Å². The molecule has 0 atom stereocenters. The van der Waals surface area contributed by atoms with E-state index in [4.69, 9.17) is 4.98 Å². The molecule has 0 saturated carbocycles. The van der Waals surface area contributed by atoms with E-state index in [1.54, 1.807) is 0 Å². The maximum atomic E-state index is 5.57. The molecular weight excluding hydrogens is 665 g/mol. The summed E-state index contributed by atoms with van der Waals surface area (Å²) >= 11 is 0. The molecule has 0 fully saturated rings. The molecule has 2 nitrogen and oxygen atoms in total. The van der Waals surface area contributed by atoms with Gasteiger partial charge in [-0.15, -0.1) is 0 Å². The quantitative estimate of drug-likeness (QED) is 0.162. The molecule has 10 aromatic rings. The number of pyridine rings is 1. The molecule has 10 rings (SSSR count). The maximum absolute atomic E-state index is 5.57. The molecular formula is C53H36N2. The van der Waals surface area contributed by atoms with E-state index in [0.717, 1.165) is 61.5 Å². The Morgan fingerprint density at radius 3 is 0.982 bits per heavy atom. The maximum Gasteiger partial charge on any atom is 0.138 e. The van der Waals surface area contributed by atoms with Crippen molar-refractivity contribution < 1.29 is 0 Å². The number of aromatic nitrogens is 2. The summed E-state index contributed by atoms with van der Waals surface area (Å²) in [5.74, 6) is 0.870. The van der Waals surface area contributed by atoms with Crippen molar-refractivity contribution in [2.45, 2.75) is 0 Å². The topological polar surface area (TPSA) is 17.8 Å². The van der Waals surface area contributed by atoms with E-state index in [0.29, 0.717) is 0 Å². The lowest BCUT2D eigenvalue weighted by molar-refractivity contribution is 1.09. The summed E-state index contributed by atoms with van der Waals surface area (Å²) in [5, 5.41) is 2.36. The zero-order valence-electron chi connectivity index (χ0n) is 30.2. The van der Waals surface area contributed by atoms with Crippen LogP contribution in [0.3, 0.4) is 0 Å². The molecule has 0 radical (unpaired) electrons. The Hall–Kier alpha value is -7.29. The first-order chi connectivity index (χ1) is 27.3. The third kappa shape index (κ3) is 6.00. The number of fused-ring (bicyclic) bond motifs is 3. The molecule has 0 bridgehead atoms. The highest BCUT2D eigenvalue weighted by atomic mass is 15.1. The molecule has 0 unspecified atom stereocenters. The molecule has 0 aliphatic carbocycles. The van der Waals surface area contributed by atoms with Crippen molar-refractivity contribution in [2.75, 3.05) is 0 Å². The molecule has 8 aromatic carbocycles. The molecule has 2 heteroatoms. The van der Waals surface area contributed by atoms with Crippen molar-refractivity contribution >= 4 is 21.8 Å². The van der Waals surface area contributed by atoms with Gasteiger partial charge in [-0.25, -0.2) is 4.98 Å². The van der Waals surface area contributed by atoms with E-state index in [9.17, 15) is 0 Å². The summed E-state index contributed by atoms with van der Waals surface area (Å²) in [5.41, 5.74) is 15.8. The van der Waals surface area contributed by atoms with Gasteiger partial charge < -0.3 is 0 Å². The van der Waals surface area contributed by atoms with Crippen LogP contribution in [0.2, 0.25) is 0 Å². The van der Waals surface area contributed by atoms with Gasteiger partial charge in [0, 0.05) is 27.5 Å². The van der Waals surface area contributed by atoms with Gasteiger partial charge in [-0.1, -0.05) is 182 Å². The van der Waals surface area contributed by atoms with Crippen LogP contribution >= 0.6 is 0 Å². The van der Waals surface area contributed by atoms with E-state index < -0.39 is 0 Å². The number of rotatable bonds is 7. The fourth-order valence-electron chi connectivity index (χ4n) is 7.96. The summed E-state index contributed by atoms with van der Waals surface area (Å²) in [4.78, 5) is 5.57. The van der Waals surface area contributed by atoms with Crippen LogP contribution in [0.1, 0.15) is 0 Å². The molecule has 0 N–H and O–H groups in total. The fourth-order valence-corrected chi connectivity index (χ4v) is 7.96. The van der Waals surface area contributed by atoms with E-state index >= 15 is 0 Å². The second-order valence-electron chi connectivity index (χ2n) is 14.0. The van der Waals surface area contributed by atoms with Gasteiger partial charge in [-0.3, -0.25) is 4.57 Å². The predicted octanol–water partition coefficient (Wildman–Crippen LogP) is 14.2. The third-order valence-electron chi connectivity index (χ3n) is 10.6. The smallest absolute Gasteiger partial charge is 0.138 e. The van der Waals surface area contributed by atoms with Crippen LogP contribution in [-0.4, -0.2) is 9.55 Å². The summed E-state index contributed by atoms with van der Waals surface area (Å²) < 4.78 is 2.44. The highest BCUT2D eigenvalue weighted by molar-refractivity contribution is 6.19. The van der Waals surface area contributed by atoms with Crippen LogP contribution in [0.25, 0.3) is 94.5 Å². The Morgan fingerprint density at radius 2 is 0.600 bits per heavy atom. The van der Waals surface area contributed by atoms with Crippen LogP contribution in [0.5, 0.6) is 0 Å². The van der Waals surface area contributed by atoms with Crippen LogP contribution in [0.4, 0.5) is 0 Å². The summed E-state index contributed by atoms with van der Waals surface area (Å²) in [6.07, 6.45) is 0. The van der Waals surface area contributed by atoms with Gasteiger partial charge in [0.15, 0.2) is 0 Å². The predicted molar refractivity (Wildman–Crippen MR) is 231 cm³/mol. The highest BCUT2D eigenvalue weighted by Crippen LogP contribution is 2.46. The summed E-state index contributed by atoms with van der Waals surface area (Å²) in [7, 11) is 0. The van der Waals surface area contributed by atoms with Gasteiger partial charge in [-0.2, -0.15) is 0 Å². The van der Waals surface area contributed by atoms with E-state index in [-0.39, 0.29) is 0 Å². The lowest BCUT2D eigenvalue weighted by Gasteiger charge is -2.17. The molecule has 0 aliphatic rings. The zero-order chi connectivity index (χ0) is 36.6. The average molecular weight is 701 g/mol. The fraction of sp³-hybridized carbons (Fsp3) is 0. The second kappa shape index (κ2) is 13.9. The number of hydrogen-bond donors (Lipinski definition) is 0. The highest BCUT2D eigenvalue weighted by Gasteiger charge is 2.24. The molecule has 2 heterocycles. The largest absolute Gasteiger partial charge is 0.292 e. The van der Waals surface area contributed by atoms with Gasteiger partial charge >= 0.3 is 0 Å². The lowest BCUT2D eigenvalue weighted by atomic mass is 9.93. The first kappa shape index (κ1) is 32.4. The minimum absolute atomic E-state index is 0.870. The van der Waals surface area contributed by atoms with Crippen LogP contribution < -0.4 is 0 Å². The Labute approximate surface area is 321 Å². The Balaban J connectivity index is 1.42. The van der Waals surface area contributed by atoms with Crippen molar-refractivity contribution in [1.82, 2.24) is 9.55 Å². The molecule has 0 saturated heterocycles. The van der Waals surface area contributed by atoms with E-state index in [1.165, 1.54) is 33.0 Å². The summed E-state index contributed by atoms with van der Waals surface area (Å²) in [6.45, 7) is 0. The van der Waals surface area contributed by atoms with Crippen molar-refractivity contribution in [3.8, 4) is 72.7 Å². The van der Waals surface area contributed by atoms with Crippen LogP contribution in [-0.2, 0) is 0 Å². The molecule has 0 amide bonds. The van der Waals surface area contributed by atoms with Crippen molar-refractivity contribution in [3.63, 3.8) is 0 Å². The van der Waals surface area contributed by atoms with Crippen LogP contribution in [0, 0.1) is 0 Å². The minimum atomic E-state index is 0.870. The average Bonchev–Trinajstić information content (AvgIpc) is 3.62. The first-order valence-corrected chi connectivity index (χ1v) is 18.8. The Kier molecular flexibility index (Phi) is 8.20. The minimum Gasteiger partial charge on any atom is -0.292 e. The number of nitrogens with zero attached hydrogens (tertiary/aromatic N) is 2. The summed E-state index contributed by atoms with van der Waals surface area (Å²) in [6, 6.07) is 78.3. The van der Waals surface area contributed by atoms with E-state index in [2.05, 4.69) is 223 Å². The Morgan fingerprint density at radius 1 is 0.273 bits per heavy atom. The normalized spacial score (nSPS) is 11.3. The number of hydrogen-bond acceptors (Lipinski definition) is 1. The van der Waals surface area contributed by atoms with Gasteiger partial charge in [-0.05, 0) is 80.9 Å². The standard InChI is InChI=1S/C53H36N2/c1-7-19-37(20-8-1)43-31-46(40-25-13-4-14-26-40)52-48(33-43)49-34-44(38-21-9-2-10-22-38)32-47(41-27-15-5-16-28-41)53(49)55(52)51-36-45(39-23-11-3-12-24-39)35-50(54-51)42-29-17-6-18-30-42/h1-36H. The van der Waals surface area contributed by atoms with Crippen molar-refractivity contribution in [1.29, 1.82) is 0 Å². The monoisotopic (exact) mass is 700 g/mol. The SMILES string of the molecule is c1ccc(-c2cc(-c3ccccc3)nc(-n3c4c(-c5ccccc5)cc(-c5ccccc5)cc4c4cc(-c5ccccc5)cc(-c5ccccc5)c43)c2)cc1. The van der Waals surface area contributed by atoms with Crippen LogP contribution in [0.15, 0.2) is 218 Å². The molecule has 0 aliphatic heterocycles. The van der Waals surface area contributed by atoms with Gasteiger partial charge in [0.25, 0.3) is 0 Å². The molecule has 2 aromatic heterocycles. The van der Waals surface area contributed by atoms with E-state index in [1.807, 2.05) is 0 Å². The van der Waals surface area contributed by atoms with Gasteiger partial charge in [0.1, 0.15) is 5.82 Å². The zero-order valence-corrected chi connectivity index (χ0v) is 30.2.